The highest BCUT2D eigenvalue weighted by molar-refractivity contribution is 6.52. The molecule has 0 saturated carbocycles. The first-order chi connectivity index (χ1) is 10.6. The van der Waals surface area contributed by atoms with E-state index in [9.17, 15) is 10.0 Å². The number of fused-ring (bicyclic) bond motifs is 2. The molecule has 0 radical (unpaired) electrons. The first-order valence-corrected chi connectivity index (χ1v) is 7.20. The number of rotatable bonds is 1. The summed E-state index contributed by atoms with van der Waals surface area (Å²) in [5.41, 5.74) is 1.46. The standard InChI is InChI=1S/C18H10ClNO2/c19-14-7-8-15-16(10-14)20(22)17(18(15)21)13-6-5-11-3-1-2-4-12(11)9-13/h1-10H. The first-order valence-electron chi connectivity index (χ1n) is 6.83. The van der Waals surface area contributed by atoms with Crippen LogP contribution in [0.3, 0.4) is 0 Å². The van der Waals surface area contributed by atoms with Crippen LogP contribution in [0.1, 0.15) is 15.9 Å². The molecule has 0 saturated heterocycles. The molecule has 3 aromatic carbocycles. The Hall–Kier alpha value is -2.65. The maximum atomic E-state index is 12.5. The van der Waals surface area contributed by atoms with E-state index in [2.05, 4.69) is 0 Å². The molecule has 3 nitrogen and oxygen atoms in total. The molecule has 0 aromatic heterocycles. The average Bonchev–Trinajstić information content (AvgIpc) is 2.78. The molecule has 0 spiro atoms. The predicted molar refractivity (Wildman–Crippen MR) is 87.1 cm³/mol. The van der Waals surface area contributed by atoms with E-state index in [4.69, 9.17) is 11.6 Å². The van der Waals surface area contributed by atoms with Crippen LogP contribution in [0.25, 0.3) is 10.8 Å². The largest absolute Gasteiger partial charge is 0.618 e. The summed E-state index contributed by atoms with van der Waals surface area (Å²) in [6.07, 6.45) is 0. The fraction of sp³-hybridized carbons (Fsp3) is 0. The zero-order chi connectivity index (χ0) is 15.3. The summed E-state index contributed by atoms with van der Waals surface area (Å²) in [5, 5.41) is 15.0. The highest BCUT2D eigenvalue weighted by Gasteiger charge is 2.36. The van der Waals surface area contributed by atoms with Gasteiger partial charge >= 0.3 is 0 Å². The number of carbonyl (C=O) groups excluding carboxylic acids is 1. The predicted octanol–water partition coefficient (Wildman–Crippen LogP) is 4.32. The first kappa shape index (κ1) is 13.0. The minimum Gasteiger partial charge on any atom is -0.618 e. The number of Topliss-reactive ketones (excluding diaryl/α,β-unsaturated/α-hetero) is 1. The molecule has 1 aliphatic rings. The van der Waals surface area contributed by atoms with E-state index in [-0.39, 0.29) is 11.5 Å². The van der Waals surface area contributed by atoms with Gasteiger partial charge in [0.1, 0.15) is 5.56 Å². The summed E-state index contributed by atoms with van der Waals surface area (Å²) >= 11 is 5.92. The molecule has 0 bridgehead atoms. The van der Waals surface area contributed by atoms with Crippen molar-refractivity contribution in [1.82, 2.24) is 0 Å². The molecule has 0 N–H and O–H groups in total. The van der Waals surface area contributed by atoms with Crippen LogP contribution >= 0.6 is 11.6 Å². The lowest BCUT2D eigenvalue weighted by Crippen LogP contribution is -2.16. The van der Waals surface area contributed by atoms with Crippen LogP contribution in [0.2, 0.25) is 5.02 Å². The van der Waals surface area contributed by atoms with Crippen molar-refractivity contribution in [2.24, 2.45) is 0 Å². The Bertz CT molecular complexity index is 976. The smallest absolute Gasteiger partial charge is 0.272 e. The van der Waals surface area contributed by atoms with Gasteiger partial charge in [-0.2, -0.15) is 4.74 Å². The SMILES string of the molecule is O=C1C(c2ccc3ccccc3c2)=[N+]([O-])c2cc(Cl)ccc21. The fourth-order valence-corrected chi connectivity index (χ4v) is 2.96. The molecule has 0 atom stereocenters. The number of ketones is 1. The van der Waals surface area contributed by atoms with Crippen LogP contribution in [0.15, 0.2) is 60.7 Å². The van der Waals surface area contributed by atoms with E-state index >= 15 is 0 Å². The second kappa shape index (κ2) is 4.68. The Balaban J connectivity index is 1.93. The molecule has 3 aromatic rings. The maximum absolute atomic E-state index is 12.5. The third kappa shape index (κ3) is 1.83. The molecule has 0 unspecified atom stereocenters. The minimum atomic E-state index is -0.267. The number of carbonyl (C=O) groups is 1. The number of nitrogens with zero attached hydrogens (tertiary/aromatic N) is 1. The average molecular weight is 308 g/mol. The van der Waals surface area contributed by atoms with Gasteiger partial charge in [0, 0.05) is 11.1 Å². The Morgan fingerprint density at radius 2 is 1.68 bits per heavy atom. The van der Waals surface area contributed by atoms with Crippen molar-refractivity contribution < 1.29 is 9.53 Å². The molecule has 1 aliphatic heterocycles. The lowest BCUT2D eigenvalue weighted by atomic mass is 10.00. The molecular formula is C18H10ClNO2. The van der Waals surface area contributed by atoms with E-state index < -0.39 is 0 Å². The fourth-order valence-electron chi connectivity index (χ4n) is 2.79. The van der Waals surface area contributed by atoms with Crippen molar-refractivity contribution in [3.05, 3.63) is 82.0 Å². The van der Waals surface area contributed by atoms with Crippen molar-refractivity contribution in [3.63, 3.8) is 0 Å². The third-order valence-electron chi connectivity index (χ3n) is 3.86. The molecule has 1 heterocycles. The highest BCUT2D eigenvalue weighted by Crippen LogP contribution is 2.31. The van der Waals surface area contributed by atoms with Gasteiger partial charge in [-0.3, -0.25) is 4.79 Å². The summed E-state index contributed by atoms with van der Waals surface area (Å²) in [6.45, 7) is 0. The molecule has 4 heteroatoms. The second-order valence-corrected chi connectivity index (χ2v) is 5.63. The maximum Gasteiger partial charge on any atom is 0.272 e. The number of hydrogen-bond acceptors (Lipinski definition) is 2. The van der Waals surface area contributed by atoms with Crippen LogP contribution in [-0.4, -0.2) is 16.2 Å². The lowest BCUT2D eigenvalue weighted by Gasteiger charge is -2.03. The van der Waals surface area contributed by atoms with E-state index in [1.165, 1.54) is 6.07 Å². The minimum absolute atomic E-state index is 0.142. The molecule has 22 heavy (non-hydrogen) atoms. The van der Waals surface area contributed by atoms with Crippen LogP contribution in [-0.2, 0) is 0 Å². The van der Waals surface area contributed by atoms with Gasteiger partial charge in [0.15, 0.2) is 0 Å². The van der Waals surface area contributed by atoms with Gasteiger partial charge < -0.3 is 5.21 Å². The summed E-state index contributed by atoms with van der Waals surface area (Å²) in [7, 11) is 0. The van der Waals surface area contributed by atoms with Crippen LogP contribution in [0.5, 0.6) is 0 Å². The third-order valence-corrected chi connectivity index (χ3v) is 4.10. The molecule has 4 rings (SSSR count). The number of halogens is 1. The molecule has 0 fully saturated rings. The summed E-state index contributed by atoms with van der Waals surface area (Å²) < 4.78 is 0.674. The van der Waals surface area contributed by atoms with Crippen LogP contribution in [0, 0.1) is 5.21 Å². The van der Waals surface area contributed by atoms with Gasteiger partial charge in [-0.1, -0.05) is 41.9 Å². The highest BCUT2D eigenvalue weighted by atomic mass is 35.5. The summed E-state index contributed by atoms with van der Waals surface area (Å²) in [6, 6.07) is 18.1. The quantitative estimate of drug-likeness (QED) is 0.496. The summed E-state index contributed by atoms with van der Waals surface area (Å²) in [4.78, 5) is 12.5. The van der Waals surface area contributed by atoms with Gasteiger partial charge in [0.2, 0.25) is 5.69 Å². The van der Waals surface area contributed by atoms with Crippen molar-refractivity contribution in [2.45, 2.75) is 0 Å². The van der Waals surface area contributed by atoms with E-state index in [0.29, 0.717) is 26.6 Å². The van der Waals surface area contributed by atoms with Gasteiger partial charge in [-0.25, -0.2) is 0 Å². The Morgan fingerprint density at radius 3 is 2.50 bits per heavy atom. The van der Waals surface area contributed by atoms with Crippen LogP contribution in [0.4, 0.5) is 5.69 Å². The number of hydrogen-bond donors (Lipinski definition) is 0. The molecule has 0 aliphatic carbocycles. The second-order valence-electron chi connectivity index (χ2n) is 5.20. The van der Waals surface area contributed by atoms with Gasteiger partial charge in [-0.15, -0.1) is 0 Å². The van der Waals surface area contributed by atoms with Crippen LogP contribution < -0.4 is 0 Å². The molecule has 0 amide bonds. The zero-order valence-corrected chi connectivity index (χ0v) is 12.2. The Kier molecular flexibility index (Phi) is 2.78. The van der Waals surface area contributed by atoms with E-state index in [1.807, 2.05) is 36.4 Å². The van der Waals surface area contributed by atoms with Gasteiger partial charge in [-0.05, 0) is 35.0 Å². The van der Waals surface area contributed by atoms with E-state index in [0.717, 1.165) is 10.8 Å². The topological polar surface area (TPSA) is 43.1 Å². The normalized spacial score (nSPS) is 13.8. The Morgan fingerprint density at radius 1 is 0.909 bits per heavy atom. The van der Waals surface area contributed by atoms with E-state index in [1.54, 1.807) is 18.2 Å². The molecule has 106 valence electrons. The monoisotopic (exact) mass is 307 g/mol. The number of benzene rings is 3. The van der Waals surface area contributed by atoms with Crippen molar-refractivity contribution >= 4 is 39.6 Å². The van der Waals surface area contributed by atoms with Gasteiger partial charge in [0.25, 0.3) is 11.5 Å². The summed E-state index contributed by atoms with van der Waals surface area (Å²) in [5.74, 6) is -0.267. The lowest BCUT2D eigenvalue weighted by molar-refractivity contribution is -0.355. The van der Waals surface area contributed by atoms with Gasteiger partial charge in [0.05, 0.1) is 5.56 Å². The van der Waals surface area contributed by atoms with Crippen molar-refractivity contribution in [1.29, 1.82) is 0 Å². The molecular weight excluding hydrogens is 298 g/mol. The zero-order valence-electron chi connectivity index (χ0n) is 11.4. The Labute approximate surface area is 131 Å². The van der Waals surface area contributed by atoms with Crippen molar-refractivity contribution in [2.75, 3.05) is 0 Å². The van der Waals surface area contributed by atoms with Crippen molar-refractivity contribution in [3.8, 4) is 0 Å².